The van der Waals surface area contributed by atoms with Gasteiger partial charge in [0.15, 0.2) is 11.5 Å². The highest BCUT2D eigenvalue weighted by molar-refractivity contribution is 5.80. The summed E-state index contributed by atoms with van der Waals surface area (Å²) in [5.74, 6) is 2.58. The van der Waals surface area contributed by atoms with Gasteiger partial charge in [-0.1, -0.05) is 18.2 Å². The number of allylic oxidation sites excluding steroid dienone is 1. The van der Waals surface area contributed by atoms with Crippen molar-refractivity contribution in [3.63, 3.8) is 0 Å². The standard InChI is InChI=1S/C27H35NO4/c1-5-10-26-14-19(16(2)29)23(31-4)25-27(26)11-12-28(15-17-6-7-17)21(26)13-18-8-9-20(30-3)24(32-25)22(18)27/h5,8-10,17,19,21,23,25H,6-7,11-15H2,1-4H3/b10-5+/t19-,21-,23?,25+,26-,27+/m1/s1. The van der Waals surface area contributed by atoms with Crippen LogP contribution >= 0.6 is 0 Å². The zero-order valence-corrected chi connectivity index (χ0v) is 19.7. The molecule has 1 unspecified atom stereocenters. The van der Waals surface area contributed by atoms with Crippen LogP contribution in [0.2, 0.25) is 0 Å². The summed E-state index contributed by atoms with van der Waals surface area (Å²) in [4.78, 5) is 15.7. The van der Waals surface area contributed by atoms with E-state index in [9.17, 15) is 4.79 Å². The van der Waals surface area contributed by atoms with Gasteiger partial charge in [0.25, 0.3) is 0 Å². The van der Waals surface area contributed by atoms with Gasteiger partial charge >= 0.3 is 0 Å². The van der Waals surface area contributed by atoms with E-state index in [1.54, 1.807) is 21.1 Å². The molecule has 0 aromatic heterocycles. The van der Waals surface area contributed by atoms with E-state index in [4.69, 9.17) is 14.2 Å². The molecule has 0 amide bonds. The maximum Gasteiger partial charge on any atom is 0.165 e. The first kappa shape index (κ1) is 20.7. The van der Waals surface area contributed by atoms with E-state index in [2.05, 4.69) is 36.1 Å². The Morgan fingerprint density at radius 2 is 2.12 bits per heavy atom. The van der Waals surface area contributed by atoms with Crippen molar-refractivity contribution < 1.29 is 19.0 Å². The summed E-state index contributed by atoms with van der Waals surface area (Å²) < 4.78 is 18.7. The van der Waals surface area contributed by atoms with Crippen LogP contribution in [0.25, 0.3) is 0 Å². The number of likely N-dealkylation sites (tertiary alicyclic amines) is 1. The van der Waals surface area contributed by atoms with Crippen molar-refractivity contribution in [2.24, 2.45) is 17.3 Å². The van der Waals surface area contributed by atoms with Crippen LogP contribution in [0.15, 0.2) is 24.3 Å². The van der Waals surface area contributed by atoms with Crippen molar-refractivity contribution in [2.45, 2.75) is 69.6 Å². The highest BCUT2D eigenvalue weighted by atomic mass is 16.6. The fourth-order valence-electron chi connectivity index (χ4n) is 8.02. The molecule has 6 atom stereocenters. The smallest absolute Gasteiger partial charge is 0.165 e. The molecule has 2 heterocycles. The Hall–Kier alpha value is -1.85. The van der Waals surface area contributed by atoms with Gasteiger partial charge in [0.2, 0.25) is 0 Å². The molecule has 1 aromatic rings. The topological polar surface area (TPSA) is 48.0 Å². The van der Waals surface area contributed by atoms with Crippen LogP contribution in [0.5, 0.6) is 11.5 Å². The van der Waals surface area contributed by atoms with E-state index in [1.807, 2.05) is 0 Å². The summed E-state index contributed by atoms with van der Waals surface area (Å²) in [7, 11) is 3.46. The van der Waals surface area contributed by atoms with Crippen molar-refractivity contribution >= 4 is 5.78 Å². The fourth-order valence-corrected chi connectivity index (χ4v) is 8.02. The van der Waals surface area contributed by atoms with Gasteiger partial charge < -0.3 is 14.2 Å². The van der Waals surface area contributed by atoms with Gasteiger partial charge in [-0.15, -0.1) is 0 Å². The quantitative estimate of drug-likeness (QED) is 0.632. The molecule has 1 aromatic carbocycles. The summed E-state index contributed by atoms with van der Waals surface area (Å²) in [6, 6.07) is 4.71. The zero-order chi connectivity index (χ0) is 22.3. The van der Waals surface area contributed by atoms with Crippen LogP contribution in [0.1, 0.15) is 50.7 Å². The van der Waals surface area contributed by atoms with Gasteiger partial charge in [0, 0.05) is 36.6 Å². The van der Waals surface area contributed by atoms with Gasteiger partial charge in [-0.05, 0) is 70.0 Å². The predicted molar refractivity (Wildman–Crippen MR) is 122 cm³/mol. The van der Waals surface area contributed by atoms with Crippen LogP contribution in [0, 0.1) is 17.3 Å². The Balaban J connectivity index is 1.62. The van der Waals surface area contributed by atoms with E-state index in [1.165, 1.54) is 30.5 Å². The average Bonchev–Trinajstić information content (AvgIpc) is 3.52. The lowest BCUT2D eigenvalue weighted by atomic mass is 9.41. The molecule has 5 nitrogen and oxygen atoms in total. The Bertz CT molecular complexity index is 984. The number of rotatable bonds is 6. The summed E-state index contributed by atoms with van der Waals surface area (Å²) >= 11 is 0. The Morgan fingerprint density at radius 3 is 2.78 bits per heavy atom. The third-order valence-electron chi connectivity index (χ3n) is 9.38. The fraction of sp³-hybridized carbons (Fsp3) is 0.667. The maximum atomic E-state index is 13.0. The Morgan fingerprint density at radius 1 is 1.31 bits per heavy atom. The van der Waals surface area contributed by atoms with E-state index >= 15 is 0 Å². The van der Waals surface area contributed by atoms with Crippen LogP contribution in [-0.4, -0.2) is 56.2 Å². The molecule has 2 aliphatic heterocycles. The molecule has 0 N–H and O–H groups in total. The van der Waals surface area contributed by atoms with Gasteiger partial charge in [-0.25, -0.2) is 0 Å². The van der Waals surface area contributed by atoms with E-state index in [0.717, 1.165) is 43.2 Å². The first-order chi connectivity index (χ1) is 15.5. The molecule has 3 aliphatic carbocycles. The molecule has 5 aliphatic rings. The first-order valence-electron chi connectivity index (χ1n) is 12.3. The number of carbonyl (C=O) groups is 1. The van der Waals surface area contributed by atoms with Crippen molar-refractivity contribution in [3.05, 3.63) is 35.4 Å². The Kier molecular flexibility index (Phi) is 4.58. The third kappa shape index (κ3) is 2.44. The van der Waals surface area contributed by atoms with Crippen molar-refractivity contribution in [1.29, 1.82) is 0 Å². The SMILES string of the molecule is C/C=C/[C@]12C[C@H](C(C)=O)C(OC)[C@@H]3Oc4c(OC)ccc5c4[C@@]31CCN(CC1CC1)[C@@H]2C5. The number of Topliss-reactive ketones (excluding diaryl/α,β-unsaturated/α-hetero) is 1. The van der Waals surface area contributed by atoms with E-state index in [-0.39, 0.29) is 34.7 Å². The largest absolute Gasteiger partial charge is 0.493 e. The van der Waals surface area contributed by atoms with Crippen LogP contribution in [-0.2, 0) is 21.4 Å². The number of carbonyl (C=O) groups excluding carboxylic acids is 1. The minimum Gasteiger partial charge on any atom is -0.493 e. The van der Waals surface area contributed by atoms with Gasteiger partial charge in [-0.2, -0.15) is 0 Å². The third-order valence-corrected chi connectivity index (χ3v) is 9.38. The highest BCUT2D eigenvalue weighted by Crippen LogP contribution is 2.70. The lowest BCUT2D eigenvalue weighted by Crippen LogP contribution is -2.74. The molecular weight excluding hydrogens is 402 g/mol. The molecule has 3 fully saturated rings. The summed E-state index contributed by atoms with van der Waals surface area (Å²) in [5, 5.41) is 0. The Labute approximate surface area is 191 Å². The van der Waals surface area contributed by atoms with E-state index < -0.39 is 0 Å². The lowest BCUT2D eigenvalue weighted by Gasteiger charge is -2.67. The lowest BCUT2D eigenvalue weighted by molar-refractivity contribution is -0.176. The number of ether oxygens (including phenoxy) is 3. The minimum atomic E-state index is -0.246. The molecule has 6 rings (SSSR count). The molecule has 32 heavy (non-hydrogen) atoms. The van der Waals surface area contributed by atoms with Crippen molar-refractivity contribution in [2.75, 3.05) is 27.3 Å². The molecule has 5 heteroatoms. The zero-order valence-electron chi connectivity index (χ0n) is 19.7. The molecule has 2 saturated carbocycles. The normalized spacial score (nSPS) is 39.6. The second kappa shape index (κ2) is 7.07. The molecule has 1 spiro atoms. The number of piperidine rings is 1. The molecule has 2 bridgehead atoms. The molecule has 0 radical (unpaired) electrons. The molecule has 1 saturated heterocycles. The summed E-state index contributed by atoms with van der Waals surface area (Å²) in [5.41, 5.74) is 2.40. The number of nitrogens with zero attached hydrogens (tertiary/aromatic N) is 1. The van der Waals surface area contributed by atoms with E-state index in [0.29, 0.717) is 6.04 Å². The van der Waals surface area contributed by atoms with Crippen LogP contribution in [0.3, 0.4) is 0 Å². The van der Waals surface area contributed by atoms with Crippen molar-refractivity contribution in [3.8, 4) is 11.5 Å². The number of hydrogen-bond donors (Lipinski definition) is 0. The second-order valence-electron chi connectivity index (χ2n) is 10.7. The number of benzene rings is 1. The number of ketones is 1. The number of hydrogen-bond acceptors (Lipinski definition) is 5. The average molecular weight is 438 g/mol. The van der Waals surface area contributed by atoms with Gasteiger partial charge in [-0.3, -0.25) is 9.69 Å². The number of methoxy groups -OCH3 is 2. The highest BCUT2D eigenvalue weighted by Gasteiger charge is 2.74. The molecule has 172 valence electrons. The molecular formula is C27H35NO4. The minimum absolute atomic E-state index is 0.143. The van der Waals surface area contributed by atoms with Gasteiger partial charge in [0.05, 0.1) is 12.5 Å². The van der Waals surface area contributed by atoms with Crippen LogP contribution in [0.4, 0.5) is 0 Å². The van der Waals surface area contributed by atoms with Crippen molar-refractivity contribution in [1.82, 2.24) is 4.90 Å². The summed E-state index contributed by atoms with van der Waals surface area (Å²) in [6.45, 7) is 6.12. The monoisotopic (exact) mass is 437 g/mol. The second-order valence-corrected chi connectivity index (χ2v) is 10.7. The van der Waals surface area contributed by atoms with Gasteiger partial charge in [0.1, 0.15) is 18.0 Å². The summed E-state index contributed by atoms with van der Waals surface area (Å²) in [6.07, 6.45) is 9.82. The predicted octanol–water partition coefficient (Wildman–Crippen LogP) is 3.92. The maximum absolute atomic E-state index is 13.0. The van der Waals surface area contributed by atoms with Crippen LogP contribution < -0.4 is 9.47 Å². The first-order valence-corrected chi connectivity index (χ1v) is 12.3.